The van der Waals surface area contributed by atoms with Gasteiger partial charge in [-0.1, -0.05) is 17.3 Å². The smallest absolute Gasteiger partial charge is 0.262 e. The van der Waals surface area contributed by atoms with E-state index in [1.54, 1.807) is 19.1 Å². The summed E-state index contributed by atoms with van der Waals surface area (Å²) in [5.74, 6) is -2.86. The fraction of sp³-hybridized carbons (Fsp3) is 0.385. The van der Waals surface area contributed by atoms with Gasteiger partial charge in [0.2, 0.25) is 11.7 Å². The van der Waals surface area contributed by atoms with Crippen molar-refractivity contribution in [3.63, 3.8) is 0 Å². The lowest BCUT2D eigenvalue weighted by molar-refractivity contribution is 0.0200. The Hall–Kier alpha value is -1.89. The summed E-state index contributed by atoms with van der Waals surface area (Å²) < 4.78 is 44.7. The molecule has 1 aromatic heterocycles. The normalized spacial score (nSPS) is 21.3. The van der Waals surface area contributed by atoms with E-state index in [1.807, 2.05) is 0 Å². The van der Waals surface area contributed by atoms with Crippen LogP contribution in [0.3, 0.4) is 0 Å². The summed E-state index contributed by atoms with van der Waals surface area (Å²) in [5, 5.41) is 6.34. The molecule has 0 amide bonds. The zero-order valence-electron chi connectivity index (χ0n) is 10.7. The van der Waals surface area contributed by atoms with E-state index in [1.165, 1.54) is 6.07 Å². The Morgan fingerprint density at radius 3 is 2.85 bits per heavy atom. The summed E-state index contributed by atoms with van der Waals surface area (Å²) in [7, 11) is 0. The Bertz CT molecular complexity index is 642. The second-order valence-electron chi connectivity index (χ2n) is 4.91. The number of hydrogen-bond acceptors (Lipinski definition) is 4. The van der Waals surface area contributed by atoms with E-state index in [9.17, 15) is 13.2 Å². The minimum absolute atomic E-state index is 0.0955. The van der Waals surface area contributed by atoms with E-state index >= 15 is 0 Å². The van der Waals surface area contributed by atoms with Gasteiger partial charge in [-0.25, -0.2) is 13.2 Å². The first-order valence-corrected chi connectivity index (χ1v) is 6.16. The molecule has 7 heteroatoms. The van der Waals surface area contributed by atoms with Crippen molar-refractivity contribution in [3.05, 3.63) is 35.5 Å². The fourth-order valence-corrected chi connectivity index (χ4v) is 2.12. The minimum Gasteiger partial charge on any atom is -0.337 e. The van der Waals surface area contributed by atoms with Crippen molar-refractivity contribution in [3.8, 4) is 11.4 Å². The van der Waals surface area contributed by atoms with Crippen LogP contribution in [0.4, 0.5) is 13.2 Å². The third kappa shape index (κ3) is 2.40. The molecule has 106 valence electrons. The third-order valence-corrected chi connectivity index (χ3v) is 3.28. The number of benzene rings is 1. The second-order valence-corrected chi connectivity index (χ2v) is 4.91. The lowest BCUT2D eigenvalue weighted by Crippen LogP contribution is -2.19. The van der Waals surface area contributed by atoms with Crippen LogP contribution in [0.1, 0.15) is 23.9 Å². The molecular formula is C13H12F3N3O. The summed E-state index contributed by atoms with van der Waals surface area (Å²) in [5.41, 5.74) is 0.961. The molecule has 1 fully saturated rings. The number of aryl methyl sites for hydroxylation is 1. The molecule has 1 N–H and O–H groups in total. The first-order chi connectivity index (χ1) is 9.44. The number of nitrogens with one attached hydrogen (secondary N) is 1. The molecule has 0 radical (unpaired) electrons. The monoisotopic (exact) mass is 283 g/mol. The van der Waals surface area contributed by atoms with Crippen molar-refractivity contribution in [1.82, 2.24) is 15.5 Å². The maximum Gasteiger partial charge on any atom is 0.262 e. The molecule has 2 aromatic rings. The van der Waals surface area contributed by atoms with Gasteiger partial charge in [0.25, 0.3) is 5.92 Å². The largest absolute Gasteiger partial charge is 0.337 e. The topological polar surface area (TPSA) is 51.0 Å². The van der Waals surface area contributed by atoms with E-state index in [2.05, 4.69) is 15.5 Å². The number of halogens is 3. The van der Waals surface area contributed by atoms with Gasteiger partial charge in [0.1, 0.15) is 5.82 Å². The van der Waals surface area contributed by atoms with Crippen molar-refractivity contribution in [2.45, 2.75) is 25.3 Å². The summed E-state index contributed by atoms with van der Waals surface area (Å²) in [6.45, 7) is 1.24. The molecule has 0 saturated carbocycles. The van der Waals surface area contributed by atoms with Crippen molar-refractivity contribution in [1.29, 1.82) is 0 Å². The number of alkyl halides is 2. The molecule has 4 nitrogen and oxygen atoms in total. The number of hydrogen-bond donors (Lipinski definition) is 1. The van der Waals surface area contributed by atoms with E-state index in [4.69, 9.17) is 4.52 Å². The van der Waals surface area contributed by atoms with Crippen molar-refractivity contribution < 1.29 is 17.7 Å². The molecule has 0 bridgehead atoms. The van der Waals surface area contributed by atoms with Crippen molar-refractivity contribution >= 4 is 0 Å². The molecular weight excluding hydrogens is 271 g/mol. The lowest BCUT2D eigenvalue weighted by atomic mass is 10.1. The number of aromatic nitrogens is 2. The highest BCUT2D eigenvalue weighted by molar-refractivity contribution is 5.55. The van der Waals surface area contributed by atoms with Gasteiger partial charge in [-0.2, -0.15) is 4.98 Å². The molecule has 20 heavy (non-hydrogen) atoms. The Morgan fingerprint density at radius 2 is 2.20 bits per heavy atom. The van der Waals surface area contributed by atoms with Crippen LogP contribution in [0.2, 0.25) is 0 Å². The highest BCUT2D eigenvalue weighted by atomic mass is 19.3. The molecule has 1 atom stereocenters. The van der Waals surface area contributed by atoms with E-state index in [0.29, 0.717) is 11.1 Å². The van der Waals surface area contributed by atoms with Crippen molar-refractivity contribution in [2.24, 2.45) is 0 Å². The maximum atomic E-state index is 13.5. The van der Waals surface area contributed by atoms with Gasteiger partial charge in [-0.15, -0.1) is 0 Å². The second kappa shape index (κ2) is 4.59. The zero-order chi connectivity index (χ0) is 14.3. The minimum atomic E-state index is -2.77. The summed E-state index contributed by atoms with van der Waals surface area (Å²) >= 11 is 0. The Morgan fingerprint density at radius 1 is 1.40 bits per heavy atom. The molecule has 1 aliphatic heterocycles. The van der Waals surface area contributed by atoms with E-state index < -0.39 is 18.5 Å². The van der Waals surface area contributed by atoms with Crippen LogP contribution < -0.4 is 5.32 Å². The lowest BCUT2D eigenvalue weighted by Gasteiger charge is -2.04. The zero-order valence-corrected chi connectivity index (χ0v) is 10.7. The van der Waals surface area contributed by atoms with Crippen LogP contribution in [-0.2, 0) is 0 Å². The summed E-state index contributed by atoms with van der Waals surface area (Å²) in [4.78, 5) is 4.06. The van der Waals surface area contributed by atoms with E-state index in [-0.39, 0.29) is 24.0 Å². The highest BCUT2D eigenvalue weighted by Gasteiger charge is 2.42. The average Bonchev–Trinajstić information content (AvgIpc) is 2.99. The maximum absolute atomic E-state index is 13.5. The first kappa shape index (κ1) is 13.1. The Balaban J connectivity index is 1.85. The predicted molar refractivity (Wildman–Crippen MR) is 64.7 cm³/mol. The van der Waals surface area contributed by atoms with Gasteiger partial charge in [0, 0.05) is 12.0 Å². The van der Waals surface area contributed by atoms with Crippen LogP contribution in [0, 0.1) is 12.7 Å². The van der Waals surface area contributed by atoms with Gasteiger partial charge in [-0.3, -0.25) is 5.32 Å². The van der Waals surface area contributed by atoms with Gasteiger partial charge < -0.3 is 4.52 Å². The molecule has 1 aliphatic rings. The van der Waals surface area contributed by atoms with Crippen LogP contribution in [0.15, 0.2) is 22.7 Å². The van der Waals surface area contributed by atoms with Crippen LogP contribution in [0.5, 0.6) is 0 Å². The number of nitrogens with zero attached hydrogens (tertiary/aromatic N) is 2. The van der Waals surface area contributed by atoms with E-state index in [0.717, 1.165) is 0 Å². The van der Waals surface area contributed by atoms with Gasteiger partial charge >= 0.3 is 0 Å². The van der Waals surface area contributed by atoms with Crippen molar-refractivity contribution in [2.75, 3.05) is 6.54 Å². The predicted octanol–water partition coefficient (Wildman–Crippen LogP) is 2.85. The van der Waals surface area contributed by atoms with Crippen LogP contribution >= 0.6 is 0 Å². The number of rotatable bonds is 2. The molecule has 1 saturated heterocycles. The van der Waals surface area contributed by atoms with Crippen LogP contribution in [-0.4, -0.2) is 22.6 Å². The molecule has 1 aromatic carbocycles. The Labute approximate surface area is 113 Å². The van der Waals surface area contributed by atoms with Gasteiger partial charge in [-0.05, 0) is 18.6 Å². The molecule has 2 heterocycles. The summed E-state index contributed by atoms with van der Waals surface area (Å²) in [6, 6.07) is 3.88. The Kier molecular flexibility index (Phi) is 3.01. The quantitative estimate of drug-likeness (QED) is 0.920. The fourth-order valence-electron chi connectivity index (χ4n) is 2.12. The van der Waals surface area contributed by atoms with Gasteiger partial charge in [0.05, 0.1) is 12.6 Å². The first-order valence-electron chi connectivity index (χ1n) is 6.16. The molecule has 1 unspecified atom stereocenters. The highest BCUT2D eigenvalue weighted by Crippen LogP contribution is 2.33. The standard InChI is InChI=1S/C13H12F3N3O/c1-7-2-3-8(4-9(7)14)11-18-12(20-19-11)10-5-13(15,16)6-17-10/h2-4,10,17H,5-6H2,1H3. The molecule has 3 rings (SSSR count). The molecule has 0 aliphatic carbocycles. The van der Waals surface area contributed by atoms with Crippen LogP contribution in [0.25, 0.3) is 11.4 Å². The SMILES string of the molecule is Cc1ccc(-c2noc(C3CC(F)(F)CN3)n2)cc1F. The summed E-state index contributed by atoms with van der Waals surface area (Å²) in [6.07, 6.45) is -0.378. The molecule has 0 spiro atoms. The third-order valence-electron chi connectivity index (χ3n) is 3.28. The van der Waals surface area contributed by atoms with Gasteiger partial charge in [0.15, 0.2) is 0 Å². The average molecular weight is 283 g/mol.